The lowest BCUT2D eigenvalue weighted by Gasteiger charge is -2.03. The Morgan fingerprint density at radius 2 is 1.87 bits per heavy atom. The Morgan fingerprint density at radius 1 is 1.13 bits per heavy atom. The van der Waals surface area contributed by atoms with Crippen molar-refractivity contribution in [2.75, 3.05) is 0 Å². The van der Waals surface area contributed by atoms with E-state index in [0.717, 1.165) is 5.75 Å². The third kappa shape index (κ3) is 2.67. The van der Waals surface area contributed by atoms with Crippen LogP contribution in [-0.2, 0) is 0 Å². The zero-order valence-corrected chi connectivity index (χ0v) is 8.90. The molecule has 0 unspecified atom stereocenters. The second-order valence-corrected chi connectivity index (χ2v) is 3.48. The predicted molar refractivity (Wildman–Crippen MR) is 58.3 cm³/mol. The summed E-state index contributed by atoms with van der Waals surface area (Å²) < 4.78 is 5.46. The molecule has 15 heavy (non-hydrogen) atoms. The molecule has 0 amide bonds. The molecule has 0 saturated carbocycles. The molecule has 0 aliphatic heterocycles. The van der Waals surface area contributed by atoms with Crippen molar-refractivity contribution in [2.24, 2.45) is 0 Å². The molecular weight excluding hydrogens is 212 g/mol. The van der Waals surface area contributed by atoms with Gasteiger partial charge in [0, 0.05) is 0 Å². The van der Waals surface area contributed by atoms with E-state index in [1.165, 1.54) is 18.0 Å². The highest BCUT2D eigenvalue weighted by atomic mass is 35.5. The number of aryl methyl sites for hydroxylation is 1. The summed E-state index contributed by atoms with van der Waals surface area (Å²) in [5.74, 6) is 1.11. The van der Waals surface area contributed by atoms with Crippen molar-refractivity contribution >= 4 is 11.6 Å². The number of ether oxygens (including phenoxy) is 1. The molecule has 2 rings (SSSR count). The molecule has 2 aromatic rings. The van der Waals surface area contributed by atoms with E-state index < -0.39 is 0 Å². The van der Waals surface area contributed by atoms with E-state index >= 15 is 0 Å². The summed E-state index contributed by atoms with van der Waals surface area (Å²) in [5, 5.41) is 0.319. The standard InChI is InChI=1S/C11H9ClN2O/c1-8-2-4-9(5-3-8)15-11-7-13-6-10(12)14-11/h2-7H,1H3. The minimum atomic E-state index is 0.319. The molecule has 1 aromatic heterocycles. The molecule has 0 fully saturated rings. The first-order valence-corrected chi connectivity index (χ1v) is 4.84. The van der Waals surface area contributed by atoms with Gasteiger partial charge in [-0.2, -0.15) is 4.98 Å². The molecule has 0 atom stereocenters. The zero-order chi connectivity index (χ0) is 10.7. The summed E-state index contributed by atoms with van der Waals surface area (Å²) >= 11 is 5.68. The highest BCUT2D eigenvalue weighted by molar-refractivity contribution is 6.29. The fourth-order valence-corrected chi connectivity index (χ4v) is 1.24. The van der Waals surface area contributed by atoms with Gasteiger partial charge in [-0.15, -0.1) is 0 Å². The summed E-state index contributed by atoms with van der Waals surface area (Å²) in [6, 6.07) is 7.68. The lowest BCUT2D eigenvalue weighted by Crippen LogP contribution is -1.89. The third-order valence-corrected chi connectivity index (χ3v) is 2.01. The summed E-state index contributed by atoms with van der Waals surface area (Å²) in [7, 11) is 0. The highest BCUT2D eigenvalue weighted by Crippen LogP contribution is 2.19. The van der Waals surface area contributed by atoms with E-state index in [2.05, 4.69) is 9.97 Å². The molecule has 76 valence electrons. The molecule has 0 bridgehead atoms. The Hall–Kier alpha value is -1.61. The van der Waals surface area contributed by atoms with Gasteiger partial charge < -0.3 is 4.74 Å². The lowest BCUT2D eigenvalue weighted by molar-refractivity contribution is 0.460. The van der Waals surface area contributed by atoms with E-state index in [1.54, 1.807) is 0 Å². The van der Waals surface area contributed by atoms with E-state index in [4.69, 9.17) is 16.3 Å². The average Bonchev–Trinajstić information content (AvgIpc) is 2.22. The van der Waals surface area contributed by atoms with Gasteiger partial charge in [-0.25, -0.2) is 0 Å². The van der Waals surface area contributed by atoms with Crippen LogP contribution in [0.3, 0.4) is 0 Å². The Morgan fingerprint density at radius 3 is 2.53 bits per heavy atom. The van der Waals surface area contributed by atoms with Crippen LogP contribution in [0, 0.1) is 6.92 Å². The molecule has 1 aromatic carbocycles. The largest absolute Gasteiger partial charge is 0.437 e. The zero-order valence-electron chi connectivity index (χ0n) is 8.14. The van der Waals surface area contributed by atoms with Gasteiger partial charge in [0.05, 0.1) is 12.4 Å². The van der Waals surface area contributed by atoms with Gasteiger partial charge in [-0.05, 0) is 19.1 Å². The maximum absolute atomic E-state index is 5.68. The van der Waals surface area contributed by atoms with Crippen LogP contribution in [0.2, 0.25) is 5.15 Å². The van der Waals surface area contributed by atoms with E-state index in [0.29, 0.717) is 11.0 Å². The smallest absolute Gasteiger partial charge is 0.239 e. The molecule has 4 heteroatoms. The quantitative estimate of drug-likeness (QED) is 0.780. The van der Waals surface area contributed by atoms with Crippen LogP contribution >= 0.6 is 11.6 Å². The van der Waals surface area contributed by atoms with E-state index in [9.17, 15) is 0 Å². The van der Waals surface area contributed by atoms with E-state index in [1.807, 2.05) is 31.2 Å². The molecule has 0 N–H and O–H groups in total. The number of nitrogens with zero attached hydrogens (tertiary/aromatic N) is 2. The Labute approximate surface area is 92.7 Å². The number of hydrogen-bond acceptors (Lipinski definition) is 3. The fraction of sp³-hybridized carbons (Fsp3) is 0.0909. The van der Waals surface area contributed by atoms with Crippen molar-refractivity contribution in [3.05, 3.63) is 47.4 Å². The van der Waals surface area contributed by atoms with E-state index in [-0.39, 0.29) is 0 Å². The van der Waals surface area contributed by atoms with Crippen molar-refractivity contribution < 1.29 is 4.74 Å². The molecule has 1 heterocycles. The van der Waals surface area contributed by atoms with Crippen LogP contribution in [0.25, 0.3) is 0 Å². The summed E-state index contributed by atoms with van der Waals surface area (Å²) in [6.45, 7) is 2.02. The van der Waals surface area contributed by atoms with Crippen LogP contribution in [-0.4, -0.2) is 9.97 Å². The number of halogens is 1. The maximum Gasteiger partial charge on any atom is 0.239 e. The molecule has 0 saturated heterocycles. The monoisotopic (exact) mass is 220 g/mol. The van der Waals surface area contributed by atoms with Gasteiger partial charge in [-0.3, -0.25) is 4.98 Å². The second-order valence-electron chi connectivity index (χ2n) is 3.10. The molecule has 0 radical (unpaired) electrons. The highest BCUT2D eigenvalue weighted by Gasteiger charge is 1.99. The van der Waals surface area contributed by atoms with Crippen LogP contribution in [0.4, 0.5) is 0 Å². The first-order chi connectivity index (χ1) is 7.24. The number of benzene rings is 1. The molecule has 0 aliphatic rings. The minimum Gasteiger partial charge on any atom is -0.437 e. The normalized spacial score (nSPS) is 10.0. The van der Waals surface area contributed by atoms with Crippen LogP contribution in [0.1, 0.15) is 5.56 Å². The lowest BCUT2D eigenvalue weighted by atomic mass is 10.2. The van der Waals surface area contributed by atoms with Gasteiger partial charge >= 0.3 is 0 Å². The van der Waals surface area contributed by atoms with Crippen molar-refractivity contribution in [1.29, 1.82) is 0 Å². The van der Waals surface area contributed by atoms with Gasteiger partial charge in [-0.1, -0.05) is 29.3 Å². The molecule has 3 nitrogen and oxygen atoms in total. The first-order valence-electron chi connectivity index (χ1n) is 4.46. The molecule has 0 aliphatic carbocycles. The molecular formula is C11H9ClN2O. The van der Waals surface area contributed by atoms with Gasteiger partial charge in [0.2, 0.25) is 5.88 Å². The predicted octanol–water partition coefficient (Wildman–Crippen LogP) is 3.23. The van der Waals surface area contributed by atoms with Gasteiger partial charge in [0.15, 0.2) is 5.15 Å². The third-order valence-electron chi connectivity index (χ3n) is 1.83. The van der Waals surface area contributed by atoms with Crippen molar-refractivity contribution in [3.8, 4) is 11.6 Å². The maximum atomic E-state index is 5.68. The van der Waals surface area contributed by atoms with Crippen molar-refractivity contribution in [3.63, 3.8) is 0 Å². The van der Waals surface area contributed by atoms with Crippen molar-refractivity contribution in [1.82, 2.24) is 9.97 Å². The SMILES string of the molecule is Cc1ccc(Oc2cncc(Cl)n2)cc1. The van der Waals surface area contributed by atoms with Gasteiger partial charge in [0.25, 0.3) is 0 Å². The van der Waals surface area contributed by atoms with Crippen molar-refractivity contribution in [2.45, 2.75) is 6.92 Å². The number of hydrogen-bond donors (Lipinski definition) is 0. The van der Waals surface area contributed by atoms with Gasteiger partial charge in [0.1, 0.15) is 5.75 Å². The Balaban J connectivity index is 2.18. The molecule has 0 spiro atoms. The first kappa shape index (κ1) is 9.93. The fourth-order valence-electron chi connectivity index (χ4n) is 1.10. The Kier molecular flexibility index (Phi) is 2.83. The van der Waals surface area contributed by atoms with Crippen LogP contribution in [0.5, 0.6) is 11.6 Å². The second kappa shape index (κ2) is 4.28. The summed E-state index contributed by atoms with van der Waals surface area (Å²) in [6.07, 6.45) is 2.98. The van der Waals surface area contributed by atoms with Crippen LogP contribution in [0.15, 0.2) is 36.7 Å². The van der Waals surface area contributed by atoms with Crippen LogP contribution < -0.4 is 4.74 Å². The Bertz CT molecular complexity index is 456. The minimum absolute atomic E-state index is 0.319. The average molecular weight is 221 g/mol. The summed E-state index contributed by atoms with van der Waals surface area (Å²) in [5.41, 5.74) is 1.18. The number of aromatic nitrogens is 2. The topological polar surface area (TPSA) is 35.0 Å². The summed E-state index contributed by atoms with van der Waals surface area (Å²) in [4.78, 5) is 7.85. The number of rotatable bonds is 2.